The second-order valence-corrected chi connectivity index (χ2v) is 3.74. The van der Waals surface area contributed by atoms with Crippen molar-refractivity contribution in [2.45, 2.75) is 19.3 Å². The Morgan fingerprint density at radius 1 is 1.37 bits per heavy atom. The van der Waals surface area contributed by atoms with Crippen molar-refractivity contribution in [3.63, 3.8) is 0 Å². The van der Waals surface area contributed by atoms with Crippen molar-refractivity contribution in [3.05, 3.63) is 23.8 Å². The molecule has 0 saturated carbocycles. The molecule has 5 nitrogen and oxygen atoms in total. The number of aromatic nitrogens is 2. The van der Waals surface area contributed by atoms with Gasteiger partial charge in [-0.15, -0.1) is 0 Å². The standard InChI is InChI=1S/C11H16F3N3O2/c1-18-5-4-15-6-9-2-3-16-10(17-9)7-19-8-11(12,13)14/h2-3,15H,4-8H2,1H3. The first-order chi connectivity index (χ1) is 9.01. The number of nitrogens with zero attached hydrogens (tertiary/aromatic N) is 2. The lowest BCUT2D eigenvalue weighted by Gasteiger charge is -2.08. The van der Waals surface area contributed by atoms with Gasteiger partial charge in [0.25, 0.3) is 0 Å². The molecule has 1 aromatic heterocycles. The highest BCUT2D eigenvalue weighted by Gasteiger charge is 2.27. The zero-order chi connectivity index (χ0) is 14.1. The third-order valence-corrected chi connectivity index (χ3v) is 2.05. The van der Waals surface area contributed by atoms with Crippen LogP contribution in [0.5, 0.6) is 0 Å². The quantitative estimate of drug-likeness (QED) is 0.727. The summed E-state index contributed by atoms with van der Waals surface area (Å²) in [6, 6.07) is 1.69. The molecule has 1 heterocycles. The molecule has 0 amide bonds. The Balaban J connectivity index is 2.35. The summed E-state index contributed by atoms with van der Waals surface area (Å²) < 4.78 is 45.0. The van der Waals surface area contributed by atoms with Crippen LogP contribution >= 0.6 is 0 Å². The molecule has 0 bridgehead atoms. The summed E-state index contributed by atoms with van der Waals surface area (Å²) in [5.41, 5.74) is 0.691. The summed E-state index contributed by atoms with van der Waals surface area (Å²) in [4.78, 5) is 7.93. The minimum atomic E-state index is -4.33. The van der Waals surface area contributed by atoms with E-state index in [9.17, 15) is 13.2 Å². The van der Waals surface area contributed by atoms with E-state index in [1.807, 2.05) is 0 Å². The molecule has 0 aliphatic heterocycles. The van der Waals surface area contributed by atoms with E-state index in [1.165, 1.54) is 6.20 Å². The van der Waals surface area contributed by atoms with Crippen LogP contribution < -0.4 is 5.32 Å². The number of nitrogens with one attached hydrogen (secondary N) is 1. The minimum Gasteiger partial charge on any atom is -0.383 e. The molecule has 0 radical (unpaired) electrons. The van der Waals surface area contributed by atoms with E-state index in [0.29, 0.717) is 25.4 Å². The Hall–Kier alpha value is -1.25. The molecule has 1 aromatic rings. The first-order valence-electron chi connectivity index (χ1n) is 5.66. The monoisotopic (exact) mass is 279 g/mol. The highest BCUT2D eigenvalue weighted by molar-refractivity contribution is 5.01. The van der Waals surface area contributed by atoms with Crippen molar-refractivity contribution >= 4 is 0 Å². The van der Waals surface area contributed by atoms with E-state index in [2.05, 4.69) is 20.0 Å². The van der Waals surface area contributed by atoms with Gasteiger partial charge in [-0.3, -0.25) is 0 Å². The second kappa shape index (κ2) is 8.03. The van der Waals surface area contributed by atoms with Gasteiger partial charge in [-0.25, -0.2) is 9.97 Å². The van der Waals surface area contributed by atoms with Gasteiger partial charge in [-0.05, 0) is 6.07 Å². The molecule has 0 aliphatic rings. The van der Waals surface area contributed by atoms with Crippen LogP contribution in [0.4, 0.5) is 13.2 Å². The average molecular weight is 279 g/mol. The largest absolute Gasteiger partial charge is 0.411 e. The summed E-state index contributed by atoms with van der Waals surface area (Å²) in [5, 5.41) is 3.07. The van der Waals surface area contributed by atoms with Gasteiger partial charge in [0.05, 0.1) is 12.3 Å². The molecule has 0 unspecified atom stereocenters. The number of rotatable bonds is 8. The SMILES string of the molecule is COCCNCc1ccnc(COCC(F)(F)F)n1. The maximum absolute atomic E-state index is 11.9. The highest BCUT2D eigenvalue weighted by atomic mass is 19.4. The fourth-order valence-corrected chi connectivity index (χ4v) is 1.26. The average Bonchev–Trinajstić information content (AvgIpc) is 2.34. The van der Waals surface area contributed by atoms with Crippen molar-refractivity contribution in [3.8, 4) is 0 Å². The molecule has 0 aromatic carbocycles. The molecule has 19 heavy (non-hydrogen) atoms. The van der Waals surface area contributed by atoms with Crippen LogP contribution in [0.1, 0.15) is 11.5 Å². The number of ether oxygens (including phenoxy) is 2. The van der Waals surface area contributed by atoms with Crippen molar-refractivity contribution in [1.82, 2.24) is 15.3 Å². The summed E-state index contributed by atoms with van der Waals surface area (Å²) in [6.45, 7) is 0.184. The van der Waals surface area contributed by atoms with Crippen molar-refractivity contribution in [2.24, 2.45) is 0 Å². The van der Waals surface area contributed by atoms with Crippen LogP contribution in [0.2, 0.25) is 0 Å². The first-order valence-corrected chi connectivity index (χ1v) is 5.66. The third kappa shape index (κ3) is 7.70. The number of halogens is 3. The number of hydrogen-bond acceptors (Lipinski definition) is 5. The van der Waals surface area contributed by atoms with Gasteiger partial charge in [-0.1, -0.05) is 0 Å². The Kier molecular flexibility index (Phi) is 6.68. The van der Waals surface area contributed by atoms with Crippen LogP contribution in [0.25, 0.3) is 0 Å². The molecule has 8 heteroatoms. The lowest BCUT2D eigenvalue weighted by molar-refractivity contribution is -0.177. The lowest BCUT2D eigenvalue weighted by Crippen LogP contribution is -2.20. The van der Waals surface area contributed by atoms with Crippen molar-refractivity contribution in [2.75, 3.05) is 26.9 Å². The Morgan fingerprint density at radius 2 is 2.16 bits per heavy atom. The van der Waals surface area contributed by atoms with Gasteiger partial charge >= 0.3 is 6.18 Å². The Labute approximate surface area is 109 Å². The number of methoxy groups -OCH3 is 1. The van der Waals surface area contributed by atoms with Crippen LogP contribution in [0, 0.1) is 0 Å². The fraction of sp³-hybridized carbons (Fsp3) is 0.636. The molecule has 1 rings (SSSR count). The van der Waals surface area contributed by atoms with Gasteiger partial charge < -0.3 is 14.8 Å². The summed E-state index contributed by atoms with van der Waals surface area (Å²) in [7, 11) is 1.60. The van der Waals surface area contributed by atoms with E-state index in [4.69, 9.17) is 4.74 Å². The van der Waals surface area contributed by atoms with Crippen LogP contribution in [0.15, 0.2) is 12.3 Å². The Bertz CT molecular complexity index is 374. The summed E-state index contributed by atoms with van der Waals surface area (Å²) >= 11 is 0. The topological polar surface area (TPSA) is 56.3 Å². The van der Waals surface area contributed by atoms with E-state index in [1.54, 1.807) is 13.2 Å². The maximum Gasteiger partial charge on any atom is 0.411 e. The third-order valence-electron chi connectivity index (χ3n) is 2.05. The minimum absolute atomic E-state index is 0.232. The molecule has 0 saturated heterocycles. The van der Waals surface area contributed by atoms with E-state index in [0.717, 1.165) is 0 Å². The molecule has 1 N–H and O–H groups in total. The van der Waals surface area contributed by atoms with E-state index < -0.39 is 12.8 Å². The molecule has 0 atom stereocenters. The predicted octanol–water partition coefficient (Wildman–Crippen LogP) is 1.29. The first kappa shape index (κ1) is 15.8. The van der Waals surface area contributed by atoms with Crippen LogP contribution in [0.3, 0.4) is 0 Å². The predicted molar refractivity (Wildman–Crippen MR) is 61.3 cm³/mol. The van der Waals surface area contributed by atoms with E-state index in [-0.39, 0.29) is 12.4 Å². The van der Waals surface area contributed by atoms with Crippen LogP contribution in [-0.4, -0.2) is 43.0 Å². The smallest absolute Gasteiger partial charge is 0.383 e. The highest BCUT2D eigenvalue weighted by Crippen LogP contribution is 2.14. The molecule has 0 spiro atoms. The fourth-order valence-electron chi connectivity index (χ4n) is 1.26. The molecule has 108 valence electrons. The van der Waals surface area contributed by atoms with Gasteiger partial charge in [-0.2, -0.15) is 13.2 Å². The second-order valence-electron chi connectivity index (χ2n) is 3.74. The number of hydrogen-bond donors (Lipinski definition) is 1. The van der Waals surface area contributed by atoms with Gasteiger partial charge in [0.15, 0.2) is 5.82 Å². The van der Waals surface area contributed by atoms with E-state index >= 15 is 0 Å². The summed E-state index contributed by atoms with van der Waals surface area (Å²) in [5.74, 6) is 0.232. The molecular formula is C11H16F3N3O2. The van der Waals surface area contributed by atoms with Gasteiger partial charge in [0.1, 0.15) is 13.2 Å². The summed E-state index contributed by atoms with van der Waals surface area (Å²) in [6.07, 6.45) is -2.84. The van der Waals surface area contributed by atoms with Crippen molar-refractivity contribution in [1.29, 1.82) is 0 Å². The Morgan fingerprint density at radius 3 is 2.84 bits per heavy atom. The number of alkyl halides is 3. The maximum atomic E-state index is 11.9. The van der Waals surface area contributed by atoms with Crippen molar-refractivity contribution < 1.29 is 22.6 Å². The molecule has 0 fully saturated rings. The molecule has 0 aliphatic carbocycles. The van der Waals surface area contributed by atoms with Gasteiger partial charge in [0, 0.05) is 26.4 Å². The lowest BCUT2D eigenvalue weighted by atomic mass is 10.4. The molecular weight excluding hydrogens is 263 g/mol. The van der Waals surface area contributed by atoms with Gasteiger partial charge in [0.2, 0.25) is 0 Å². The normalized spacial score (nSPS) is 11.8. The van der Waals surface area contributed by atoms with Crippen LogP contribution in [-0.2, 0) is 22.6 Å². The zero-order valence-corrected chi connectivity index (χ0v) is 10.5. The zero-order valence-electron chi connectivity index (χ0n) is 10.5.